The van der Waals surface area contributed by atoms with E-state index in [1.54, 1.807) is 6.20 Å². The van der Waals surface area contributed by atoms with E-state index in [0.717, 1.165) is 23.2 Å². The Labute approximate surface area is 172 Å². The van der Waals surface area contributed by atoms with Gasteiger partial charge in [0, 0.05) is 31.4 Å². The average molecular weight is 399 g/mol. The highest BCUT2D eigenvalue weighted by Gasteiger charge is 2.08. The molecular weight excluding hydrogens is 372 g/mol. The van der Waals surface area contributed by atoms with E-state index in [9.17, 15) is 4.79 Å². The minimum Gasteiger partial charge on any atom is -0.352 e. The molecule has 0 aliphatic heterocycles. The monoisotopic (exact) mass is 398 g/mol. The van der Waals surface area contributed by atoms with Gasteiger partial charge in [0.15, 0.2) is 0 Å². The van der Waals surface area contributed by atoms with Crippen LogP contribution in [0, 0.1) is 0 Å². The van der Waals surface area contributed by atoms with Crippen molar-refractivity contribution in [3.8, 4) is 11.1 Å². The van der Waals surface area contributed by atoms with Gasteiger partial charge in [-0.05, 0) is 41.7 Å². The number of benzene rings is 2. The summed E-state index contributed by atoms with van der Waals surface area (Å²) in [6.45, 7) is 3.19. The summed E-state index contributed by atoms with van der Waals surface area (Å²) < 4.78 is 1.90. The molecule has 1 unspecified atom stereocenters. The zero-order valence-electron chi connectivity index (χ0n) is 16.0. The quantitative estimate of drug-likeness (QED) is 0.606. The van der Waals surface area contributed by atoms with E-state index in [1.165, 1.54) is 5.56 Å². The topological polar surface area (TPSA) is 72.9 Å². The molecule has 5 nitrogen and oxygen atoms in total. The van der Waals surface area contributed by atoms with Crippen LogP contribution in [0.2, 0.25) is 0 Å². The summed E-state index contributed by atoms with van der Waals surface area (Å²) in [7, 11) is 0. The second kappa shape index (κ2) is 10.6. The fourth-order valence-electron chi connectivity index (χ4n) is 2.97. The minimum absolute atomic E-state index is 0. The van der Waals surface area contributed by atoms with Crippen LogP contribution in [0.4, 0.5) is 0 Å². The molecule has 0 fully saturated rings. The van der Waals surface area contributed by atoms with Crippen molar-refractivity contribution in [3.05, 3.63) is 78.1 Å². The van der Waals surface area contributed by atoms with E-state index in [2.05, 4.69) is 46.8 Å². The van der Waals surface area contributed by atoms with Crippen molar-refractivity contribution in [3.63, 3.8) is 0 Å². The highest BCUT2D eigenvalue weighted by atomic mass is 35.5. The molecule has 1 aromatic heterocycles. The first-order valence-electron chi connectivity index (χ1n) is 9.29. The predicted octanol–water partition coefficient (Wildman–Crippen LogP) is 3.76. The molecule has 0 saturated carbocycles. The second-order valence-electron chi connectivity index (χ2n) is 6.85. The molecule has 3 N–H and O–H groups in total. The Bertz CT molecular complexity index is 861. The van der Waals surface area contributed by atoms with Gasteiger partial charge in [0.2, 0.25) is 5.91 Å². The normalized spacial score (nSPS) is 11.5. The maximum absolute atomic E-state index is 12.0. The fourth-order valence-corrected chi connectivity index (χ4v) is 2.97. The lowest BCUT2D eigenvalue weighted by molar-refractivity contribution is -0.121. The highest BCUT2D eigenvalue weighted by molar-refractivity contribution is 5.85. The molecule has 2 aromatic carbocycles. The molecule has 0 spiro atoms. The minimum atomic E-state index is 0. The fraction of sp³-hybridized carbons (Fsp3) is 0.273. The predicted molar refractivity (Wildman–Crippen MR) is 115 cm³/mol. The summed E-state index contributed by atoms with van der Waals surface area (Å²) in [6.07, 6.45) is 4.90. The molecule has 1 amide bonds. The molecule has 3 rings (SSSR count). The van der Waals surface area contributed by atoms with Crippen LogP contribution in [0.1, 0.15) is 30.9 Å². The third-order valence-electron chi connectivity index (χ3n) is 4.49. The van der Waals surface area contributed by atoms with Crippen LogP contribution in [-0.2, 0) is 17.9 Å². The molecule has 0 aliphatic rings. The van der Waals surface area contributed by atoms with Gasteiger partial charge in [0.25, 0.3) is 0 Å². The molecule has 1 heterocycles. The van der Waals surface area contributed by atoms with E-state index in [-0.39, 0.29) is 24.4 Å². The van der Waals surface area contributed by atoms with Crippen LogP contribution < -0.4 is 11.1 Å². The Morgan fingerprint density at radius 1 is 1.14 bits per heavy atom. The molecular formula is C22H27ClN4O. The smallest absolute Gasteiger partial charge is 0.220 e. The number of nitrogens with two attached hydrogens (primary N) is 1. The van der Waals surface area contributed by atoms with Gasteiger partial charge in [-0.2, -0.15) is 5.10 Å². The first-order valence-corrected chi connectivity index (χ1v) is 9.29. The van der Waals surface area contributed by atoms with Crippen LogP contribution in [0.3, 0.4) is 0 Å². The number of nitrogens with one attached hydrogen (secondary N) is 1. The Hall–Kier alpha value is -2.63. The zero-order valence-corrected chi connectivity index (χ0v) is 16.9. The SMILES string of the molecule is CC(N)CCC(=O)NCc1ccccc1-c1ccc(Cn2cccn2)cc1.Cl. The maximum atomic E-state index is 12.0. The van der Waals surface area contributed by atoms with Gasteiger partial charge in [-0.15, -0.1) is 12.4 Å². The Morgan fingerprint density at radius 2 is 1.89 bits per heavy atom. The Balaban J connectivity index is 0.00000280. The number of hydrogen-bond acceptors (Lipinski definition) is 3. The van der Waals surface area contributed by atoms with E-state index >= 15 is 0 Å². The number of nitrogens with zero attached hydrogens (tertiary/aromatic N) is 2. The molecule has 1 atom stereocenters. The van der Waals surface area contributed by atoms with E-state index < -0.39 is 0 Å². The number of halogens is 1. The average Bonchev–Trinajstić information content (AvgIpc) is 3.18. The summed E-state index contributed by atoms with van der Waals surface area (Å²) in [5.74, 6) is 0.0386. The van der Waals surface area contributed by atoms with Gasteiger partial charge in [-0.1, -0.05) is 48.5 Å². The van der Waals surface area contributed by atoms with Crippen LogP contribution in [0.5, 0.6) is 0 Å². The molecule has 0 aliphatic carbocycles. The lowest BCUT2D eigenvalue weighted by atomic mass is 9.98. The molecule has 6 heteroatoms. The number of amides is 1. The van der Waals surface area contributed by atoms with E-state index in [1.807, 2.05) is 36.0 Å². The molecule has 0 saturated heterocycles. The van der Waals surface area contributed by atoms with Crippen LogP contribution in [0.15, 0.2) is 67.0 Å². The van der Waals surface area contributed by atoms with Crippen LogP contribution in [-0.4, -0.2) is 21.7 Å². The van der Waals surface area contributed by atoms with Crippen molar-refractivity contribution in [1.29, 1.82) is 0 Å². The van der Waals surface area contributed by atoms with Crippen molar-refractivity contribution in [2.75, 3.05) is 0 Å². The summed E-state index contributed by atoms with van der Waals surface area (Å²) in [5, 5.41) is 7.24. The number of carbonyl (C=O) groups is 1. The van der Waals surface area contributed by atoms with E-state index in [0.29, 0.717) is 19.4 Å². The standard InChI is InChI=1S/C22H26N4O.ClH/c1-17(23)7-12-22(27)24-15-20-5-2-3-6-21(20)19-10-8-18(9-11-19)16-26-14-4-13-25-26;/h2-6,8-11,13-14,17H,7,12,15-16,23H2,1H3,(H,24,27);1H. The third kappa shape index (κ3) is 6.22. The molecule has 148 valence electrons. The number of carbonyl (C=O) groups excluding carboxylic acids is 1. The molecule has 0 bridgehead atoms. The number of hydrogen-bond donors (Lipinski definition) is 2. The summed E-state index contributed by atoms with van der Waals surface area (Å²) in [6, 6.07) is 18.6. The van der Waals surface area contributed by atoms with Gasteiger partial charge in [-0.3, -0.25) is 9.48 Å². The van der Waals surface area contributed by atoms with Crippen molar-refractivity contribution >= 4 is 18.3 Å². The van der Waals surface area contributed by atoms with Crippen molar-refractivity contribution in [2.24, 2.45) is 5.73 Å². The van der Waals surface area contributed by atoms with Crippen molar-refractivity contribution < 1.29 is 4.79 Å². The van der Waals surface area contributed by atoms with E-state index in [4.69, 9.17) is 5.73 Å². The Kier molecular flexibility index (Phi) is 8.23. The first kappa shape index (κ1) is 21.7. The summed E-state index contributed by atoms with van der Waals surface area (Å²) >= 11 is 0. The van der Waals surface area contributed by atoms with Crippen LogP contribution in [0.25, 0.3) is 11.1 Å². The lowest BCUT2D eigenvalue weighted by Gasteiger charge is -2.12. The molecule has 0 radical (unpaired) electrons. The van der Waals surface area contributed by atoms with Crippen LogP contribution >= 0.6 is 12.4 Å². The highest BCUT2D eigenvalue weighted by Crippen LogP contribution is 2.24. The van der Waals surface area contributed by atoms with Crippen molar-refractivity contribution in [2.45, 2.75) is 38.9 Å². The first-order chi connectivity index (χ1) is 13.1. The maximum Gasteiger partial charge on any atom is 0.220 e. The van der Waals surface area contributed by atoms with Crippen molar-refractivity contribution in [1.82, 2.24) is 15.1 Å². The lowest BCUT2D eigenvalue weighted by Crippen LogP contribution is -2.25. The number of rotatable bonds is 8. The largest absolute Gasteiger partial charge is 0.352 e. The molecule has 28 heavy (non-hydrogen) atoms. The zero-order chi connectivity index (χ0) is 19.1. The number of aromatic nitrogens is 2. The van der Waals surface area contributed by atoms with Gasteiger partial charge in [0.1, 0.15) is 0 Å². The summed E-state index contributed by atoms with van der Waals surface area (Å²) in [5.41, 5.74) is 10.3. The van der Waals surface area contributed by atoms with Gasteiger partial charge >= 0.3 is 0 Å². The van der Waals surface area contributed by atoms with Gasteiger partial charge in [0.05, 0.1) is 6.54 Å². The molecule has 3 aromatic rings. The third-order valence-corrected chi connectivity index (χ3v) is 4.49. The second-order valence-corrected chi connectivity index (χ2v) is 6.85. The summed E-state index contributed by atoms with van der Waals surface area (Å²) in [4.78, 5) is 12.0. The Morgan fingerprint density at radius 3 is 2.57 bits per heavy atom. The van der Waals surface area contributed by atoms with Gasteiger partial charge < -0.3 is 11.1 Å². The van der Waals surface area contributed by atoms with Gasteiger partial charge in [-0.25, -0.2) is 0 Å².